The Kier molecular flexibility index (Phi) is 7.73. The van der Waals surface area contributed by atoms with E-state index in [0.717, 1.165) is 17.3 Å². The van der Waals surface area contributed by atoms with E-state index in [4.69, 9.17) is 34.8 Å². The van der Waals surface area contributed by atoms with E-state index in [-0.39, 0.29) is 22.9 Å². The fraction of sp³-hybridized carbons (Fsp3) is 0.115. The van der Waals surface area contributed by atoms with E-state index in [0.29, 0.717) is 32.0 Å². The second-order valence-electron chi connectivity index (χ2n) is 7.81. The Balaban J connectivity index is 1.73. The van der Waals surface area contributed by atoms with Crippen LogP contribution in [0.3, 0.4) is 0 Å². The van der Waals surface area contributed by atoms with E-state index in [9.17, 15) is 14.9 Å². The van der Waals surface area contributed by atoms with Crippen LogP contribution < -0.4 is 10.2 Å². The van der Waals surface area contributed by atoms with Gasteiger partial charge in [0.15, 0.2) is 0 Å². The van der Waals surface area contributed by atoms with Crippen molar-refractivity contribution in [3.63, 3.8) is 0 Å². The summed E-state index contributed by atoms with van der Waals surface area (Å²) in [6, 6.07) is 20.9. The molecular formula is C26H18Cl3N3O2S. The molecule has 3 aromatic carbocycles. The number of nitriles is 1. The van der Waals surface area contributed by atoms with Gasteiger partial charge in [-0.05, 0) is 73.5 Å². The molecule has 1 atom stereocenters. The van der Waals surface area contributed by atoms with Crippen LogP contribution >= 0.6 is 46.6 Å². The molecule has 0 bridgehead atoms. The molecule has 0 saturated carbocycles. The van der Waals surface area contributed by atoms with Crippen molar-refractivity contribution in [2.24, 2.45) is 0 Å². The number of hydrogen-bond acceptors (Lipinski definition) is 4. The Hall–Kier alpha value is -2.95. The molecule has 176 valence electrons. The summed E-state index contributed by atoms with van der Waals surface area (Å²) in [4.78, 5) is 28.1. The SMILES string of the molecule is Cc1ccc(N2C(=O)[C@H](Cc3cc(Cl)ccc3Cl)S/C2=C(/C#N)C(=O)Nc2ccc(Cl)cc2)cc1. The first-order chi connectivity index (χ1) is 16.8. The molecule has 1 heterocycles. The van der Waals surface area contributed by atoms with Gasteiger partial charge in [0.2, 0.25) is 5.91 Å². The fourth-order valence-corrected chi connectivity index (χ4v) is 5.35. The molecule has 4 rings (SSSR count). The smallest absolute Gasteiger partial charge is 0.269 e. The highest BCUT2D eigenvalue weighted by Crippen LogP contribution is 2.42. The maximum Gasteiger partial charge on any atom is 0.269 e. The summed E-state index contributed by atoms with van der Waals surface area (Å²) < 4.78 is 0. The van der Waals surface area contributed by atoms with Crippen molar-refractivity contribution >= 4 is 69.8 Å². The molecule has 35 heavy (non-hydrogen) atoms. The average molecular weight is 543 g/mol. The highest BCUT2D eigenvalue weighted by atomic mass is 35.5. The second-order valence-corrected chi connectivity index (χ2v) is 10.3. The molecule has 0 spiro atoms. The number of benzene rings is 3. The lowest BCUT2D eigenvalue weighted by Gasteiger charge is -2.19. The summed E-state index contributed by atoms with van der Waals surface area (Å²) in [5, 5.41) is 13.8. The minimum absolute atomic E-state index is 0.168. The number of rotatable bonds is 5. The molecule has 1 aliphatic heterocycles. The van der Waals surface area contributed by atoms with E-state index >= 15 is 0 Å². The number of anilines is 2. The summed E-state index contributed by atoms with van der Waals surface area (Å²) in [7, 11) is 0. The summed E-state index contributed by atoms with van der Waals surface area (Å²) in [5.41, 5.74) is 2.60. The van der Waals surface area contributed by atoms with E-state index in [1.807, 2.05) is 25.1 Å². The number of thioether (sulfide) groups is 1. The maximum atomic E-state index is 13.6. The molecule has 3 aromatic rings. The quantitative estimate of drug-likeness (QED) is 0.278. The van der Waals surface area contributed by atoms with E-state index < -0.39 is 11.2 Å². The van der Waals surface area contributed by atoms with E-state index in [1.165, 1.54) is 4.90 Å². The van der Waals surface area contributed by atoms with Gasteiger partial charge in [-0.3, -0.25) is 14.5 Å². The zero-order valence-corrected chi connectivity index (χ0v) is 21.5. The van der Waals surface area contributed by atoms with Gasteiger partial charge in [0, 0.05) is 26.4 Å². The first-order valence-electron chi connectivity index (χ1n) is 10.5. The van der Waals surface area contributed by atoms with Gasteiger partial charge < -0.3 is 5.32 Å². The minimum atomic E-state index is -0.622. The normalized spacial score (nSPS) is 16.7. The lowest BCUT2D eigenvalue weighted by Crippen LogP contribution is -2.31. The highest BCUT2D eigenvalue weighted by Gasteiger charge is 2.41. The van der Waals surface area contributed by atoms with Crippen molar-refractivity contribution in [1.82, 2.24) is 0 Å². The Morgan fingerprint density at radius 3 is 2.34 bits per heavy atom. The minimum Gasteiger partial charge on any atom is -0.321 e. The molecule has 9 heteroatoms. The molecule has 0 unspecified atom stereocenters. The monoisotopic (exact) mass is 541 g/mol. The number of nitrogens with zero attached hydrogens (tertiary/aromatic N) is 2. The molecule has 5 nitrogen and oxygen atoms in total. The van der Waals surface area contributed by atoms with Crippen LogP contribution in [0.5, 0.6) is 0 Å². The average Bonchev–Trinajstić information content (AvgIpc) is 3.14. The van der Waals surface area contributed by atoms with Crippen LogP contribution in [0.15, 0.2) is 77.3 Å². The number of carbonyl (C=O) groups is 2. The topological polar surface area (TPSA) is 73.2 Å². The molecule has 1 saturated heterocycles. The molecule has 1 N–H and O–H groups in total. The molecular weight excluding hydrogens is 525 g/mol. The predicted octanol–water partition coefficient (Wildman–Crippen LogP) is 7.02. The summed E-state index contributed by atoms with van der Waals surface area (Å²) in [6.45, 7) is 1.94. The Labute approximate surface area is 222 Å². The molecule has 1 aliphatic rings. The van der Waals surface area contributed by atoms with Gasteiger partial charge in [0.05, 0.1) is 5.25 Å². The van der Waals surface area contributed by atoms with Crippen LogP contribution in [0.2, 0.25) is 15.1 Å². The summed E-state index contributed by atoms with van der Waals surface area (Å²) in [6.07, 6.45) is 0.284. The van der Waals surface area contributed by atoms with Crippen LogP contribution in [0.1, 0.15) is 11.1 Å². The van der Waals surface area contributed by atoms with E-state index in [2.05, 4.69) is 5.32 Å². The van der Waals surface area contributed by atoms with Gasteiger partial charge in [0.25, 0.3) is 5.91 Å². The number of carbonyl (C=O) groups excluding carboxylic acids is 2. The van der Waals surface area contributed by atoms with Crippen LogP contribution in [-0.2, 0) is 16.0 Å². The Bertz CT molecular complexity index is 1370. The second kappa shape index (κ2) is 10.8. The van der Waals surface area contributed by atoms with Crippen LogP contribution in [-0.4, -0.2) is 17.1 Å². The molecule has 2 amide bonds. The number of hydrogen-bond donors (Lipinski definition) is 1. The molecule has 0 radical (unpaired) electrons. The Morgan fingerprint density at radius 2 is 1.69 bits per heavy atom. The predicted molar refractivity (Wildman–Crippen MR) is 143 cm³/mol. The fourth-order valence-electron chi connectivity index (χ4n) is 3.54. The number of aryl methyl sites for hydroxylation is 1. The van der Waals surface area contributed by atoms with Crippen LogP contribution in [0, 0.1) is 18.3 Å². The lowest BCUT2D eigenvalue weighted by atomic mass is 10.1. The van der Waals surface area contributed by atoms with Crippen molar-refractivity contribution in [3.05, 3.63) is 104 Å². The van der Waals surface area contributed by atoms with Crippen molar-refractivity contribution in [3.8, 4) is 6.07 Å². The molecule has 0 aliphatic carbocycles. The van der Waals surface area contributed by atoms with Gasteiger partial charge in [-0.1, -0.05) is 64.3 Å². The standard InChI is InChI=1S/C26H18Cl3N3O2S/c1-15-2-9-20(10-3-15)32-25(34)23(13-16-12-18(28)6-11-22(16)29)35-26(32)21(14-30)24(33)31-19-7-4-17(27)5-8-19/h2-12,23H,13H2,1H3,(H,31,33)/b26-21-/t23-/m0/s1. The third-order valence-electron chi connectivity index (χ3n) is 5.31. The van der Waals surface area contributed by atoms with Gasteiger partial charge in [-0.2, -0.15) is 5.26 Å². The third kappa shape index (κ3) is 5.66. The van der Waals surface area contributed by atoms with Crippen LogP contribution in [0.25, 0.3) is 0 Å². The number of nitrogens with one attached hydrogen (secondary N) is 1. The van der Waals surface area contributed by atoms with E-state index in [1.54, 1.807) is 54.6 Å². The van der Waals surface area contributed by atoms with Gasteiger partial charge in [-0.25, -0.2) is 0 Å². The molecule has 1 fully saturated rings. The zero-order valence-electron chi connectivity index (χ0n) is 18.4. The lowest BCUT2D eigenvalue weighted by molar-refractivity contribution is -0.117. The van der Waals surface area contributed by atoms with Gasteiger partial charge >= 0.3 is 0 Å². The van der Waals surface area contributed by atoms with Gasteiger partial charge in [0.1, 0.15) is 16.7 Å². The van der Waals surface area contributed by atoms with Gasteiger partial charge in [-0.15, -0.1) is 0 Å². The van der Waals surface area contributed by atoms with Crippen molar-refractivity contribution in [1.29, 1.82) is 5.26 Å². The zero-order chi connectivity index (χ0) is 25.1. The largest absolute Gasteiger partial charge is 0.321 e. The van der Waals surface area contributed by atoms with Crippen molar-refractivity contribution in [2.45, 2.75) is 18.6 Å². The maximum absolute atomic E-state index is 13.6. The first kappa shape index (κ1) is 25.2. The van der Waals surface area contributed by atoms with Crippen molar-refractivity contribution < 1.29 is 9.59 Å². The molecule has 0 aromatic heterocycles. The number of amides is 2. The highest BCUT2D eigenvalue weighted by molar-refractivity contribution is 8.05. The summed E-state index contributed by atoms with van der Waals surface area (Å²) >= 11 is 19.6. The summed E-state index contributed by atoms with van der Waals surface area (Å²) in [5.74, 6) is -0.874. The number of halogens is 3. The Morgan fingerprint density at radius 1 is 1.03 bits per heavy atom. The van der Waals surface area contributed by atoms with Crippen LogP contribution in [0.4, 0.5) is 11.4 Å². The first-order valence-corrected chi connectivity index (χ1v) is 12.5. The van der Waals surface area contributed by atoms with Crippen molar-refractivity contribution in [2.75, 3.05) is 10.2 Å². The third-order valence-corrected chi connectivity index (χ3v) is 7.43.